The van der Waals surface area contributed by atoms with Gasteiger partial charge in [-0.3, -0.25) is 4.90 Å². The molecule has 1 N–H and O–H groups in total. The second-order valence-electron chi connectivity index (χ2n) is 6.49. The van der Waals surface area contributed by atoms with Crippen LogP contribution in [0.25, 0.3) is 16.5 Å². The third-order valence-corrected chi connectivity index (χ3v) is 5.80. The van der Waals surface area contributed by atoms with Crippen molar-refractivity contribution in [3.63, 3.8) is 0 Å². The van der Waals surface area contributed by atoms with Gasteiger partial charge >= 0.3 is 0 Å². The zero-order chi connectivity index (χ0) is 17.7. The van der Waals surface area contributed by atoms with E-state index < -0.39 is 0 Å². The Hall–Kier alpha value is -2.58. The third kappa shape index (κ3) is 2.45. The maximum atomic E-state index is 10.9. The van der Waals surface area contributed by atoms with Crippen molar-refractivity contribution in [2.45, 2.75) is 25.8 Å². The quantitative estimate of drug-likeness (QED) is 0.588. The molecule has 1 unspecified atom stereocenters. The molecule has 0 aliphatic carbocycles. The first kappa shape index (κ1) is 15.7. The number of aromatic nitrogens is 3. The first-order valence-corrected chi connectivity index (χ1v) is 9.45. The molecule has 8 heteroatoms. The van der Waals surface area contributed by atoms with Gasteiger partial charge in [-0.1, -0.05) is 11.3 Å². The van der Waals surface area contributed by atoms with E-state index in [0.717, 1.165) is 42.3 Å². The summed E-state index contributed by atoms with van der Waals surface area (Å²) < 4.78 is 12.7. The summed E-state index contributed by atoms with van der Waals surface area (Å²) in [5.41, 5.74) is 0. The van der Waals surface area contributed by atoms with Gasteiger partial charge in [0.2, 0.25) is 16.7 Å². The number of thiazole rings is 1. The van der Waals surface area contributed by atoms with Crippen LogP contribution in [-0.2, 0) is 0 Å². The predicted octanol–water partition coefficient (Wildman–Crippen LogP) is 3.84. The summed E-state index contributed by atoms with van der Waals surface area (Å²) in [5.74, 6) is 2.87. The van der Waals surface area contributed by atoms with Crippen LogP contribution < -0.4 is 0 Å². The average Bonchev–Trinajstić information content (AvgIpc) is 3.40. The lowest BCUT2D eigenvalue weighted by Gasteiger charge is -2.24. The molecule has 5 rings (SSSR count). The number of likely N-dealkylation sites (tertiary alicyclic amines) is 1. The normalized spacial score (nSPS) is 16.7. The Morgan fingerprint density at radius 2 is 2.08 bits per heavy atom. The Kier molecular flexibility index (Phi) is 3.61. The summed E-state index contributed by atoms with van der Waals surface area (Å²) in [6.45, 7) is 3.90. The maximum absolute atomic E-state index is 10.9. The molecule has 1 atom stereocenters. The van der Waals surface area contributed by atoms with Gasteiger partial charge < -0.3 is 13.9 Å². The van der Waals surface area contributed by atoms with Crippen LogP contribution in [0.5, 0.6) is 5.88 Å². The summed E-state index contributed by atoms with van der Waals surface area (Å²) >= 11 is 1.44. The minimum absolute atomic E-state index is 0.112. The molecule has 0 bridgehead atoms. The van der Waals surface area contributed by atoms with E-state index in [9.17, 15) is 5.11 Å². The van der Waals surface area contributed by atoms with Crippen LogP contribution in [-0.4, -0.2) is 37.7 Å². The van der Waals surface area contributed by atoms with Gasteiger partial charge in [0.1, 0.15) is 17.6 Å². The smallest absolute Gasteiger partial charge is 0.230 e. The summed E-state index contributed by atoms with van der Waals surface area (Å²) in [5, 5.41) is 15.3. The van der Waals surface area contributed by atoms with E-state index in [1.165, 1.54) is 15.9 Å². The highest BCUT2D eigenvalue weighted by molar-refractivity contribution is 7.17. The monoisotopic (exact) mass is 370 g/mol. The van der Waals surface area contributed by atoms with Crippen LogP contribution in [0.15, 0.2) is 39.4 Å². The highest BCUT2D eigenvalue weighted by Crippen LogP contribution is 2.42. The van der Waals surface area contributed by atoms with Crippen LogP contribution in [0.3, 0.4) is 0 Å². The lowest BCUT2D eigenvalue weighted by Crippen LogP contribution is -2.25. The van der Waals surface area contributed by atoms with Gasteiger partial charge in [0.05, 0.1) is 11.1 Å². The van der Waals surface area contributed by atoms with E-state index in [-0.39, 0.29) is 11.9 Å². The molecule has 134 valence electrons. The van der Waals surface area contributed by atoms with E-state index in [4.69, 9.17) is 8.83 Å². The van der Waals surface area contributed by atoms with Gasteiger partial charge in [0.15, 0.2) is 5.76 Å². The Balaban J connectivity index is 1.61. The summed E-state index contributed by atoms with van der Waals surface area (Å²) in [4.78, 5) is 8.30. The highest BCUT2D eigenvalue weighted by Gasteiger charge is 2.33. The van der Waals surface area contributed by atoms with Gasteiger partial charge in [-0.25, -0.2) is 0 Å². The fourth-order valence-corrected chi connectivity index (χ4v) is 4.61. The summed E-state index contributed by atoms with van der Waals surface area (Å²) in [6.07, 6.45) is 3.89. The summed E-state index contributed by atoms with van der Waals surface area (Å²) in [6, 6.07) is 7.42. The zero-order valence-electron chi connectivity index (χ0n) is 14.3. The van der Waals surface area contributed by atoms with Crippen molar-refractivity contribution in [2.75, 3.05) is 13.1 Å². The largest absolute Gasteiger partial charge is 0.492 e. The van der Waals surface area contributed by atoms with Gasteiger partial charge in [-0.15, -0.1) is 5.10 Å². The lowest BCUT2D eigenvalue weighted by atomic mass is 10.1. The lowest BCUT2D eigenvalue weighted by molar-refractivity contribution is 0.244. The van der Waals surface area contributed by atoms with Crippen molar-refractivity contribution >= 4 is 16.3 Å². The van der Waals surface area contributed by atoms with E-state index in [1.54, 1.807) is 18.4 Å². The molecule has 1 saturated heterocycles. The van der Waals surface area contributed by atoms with Gasteiger partial charge in [-0.05, 0) is 57.1 Å². The molecule has 4 aromatic rings. The molecule has 0 radical (unpaired) electrons. The number of nitrogens with zero attached hydrogens (tertiary/aromatic N) is 4. The second-order valence-corrected chi connectivity index (χ2v) is 7.50. The molecule has 7 nitrogen and oxygen atoms in total. The molecule has 4 aromatic heterocycles. The summed E-state index contributed by atoms with van der Waals surface area (Å²) in [7, 11) is 0. The molecular formula is C18H18N4O3S. The molecule has 26 heavy (non-hydrogen) atoms. The predicted molar refractivity (Wildman–Crippen MR) is 96.3 cm³/mol. The first-order valence-electron chi connectivity index (χ1n) is 8.63. The number of hydrogen-bond donors (Lipinski definition) is 1. The molecule has 0 saturated carbocycles. The standard InChI is InChI=1S/C18H18N4O3S/c1-11-6-7-12(25-11)14(21-8-2-3-9-21)15-17(23)22-18(26-15)19-16(20-22)13-5-4-10-24-13/h4-7,10,14,23H,2-3,8-9H2,1H3. The second kappa shape index (κ2) is 6.00. The van der Waals surface area contributed by atoms with Crippen LogP contribution in [0.2, 0.25) is 0 Å². The zero-order valence-corrected chi connectivity index (χ0v) is 15.1. The number of aryl methyl sites for hydroxylation is 1. The fourth-order valence-electron chi connectivity index (χ4n) is 3.51. The molecule has 0 spiro atoms. The van der Waals surface area contributed by atoms with Crippen molar-refractivity contribution in [3.8, 4) is 17.5 Å². The number of aromatic hydroxyl groups is 1. The molecule has 0 amide bonds. The Morgan fingerprint density at radius 3 is 2.73 bits per heavy atom. The molecule has 1 fully saturated rings. The number of fused-ring (bicyclic) bond motifs is 1. The highest BCUT2D eigenvalue weighted by atomic mass is 32.1. The number of hydrogen-bond acceptors (Lipinski definition) is 7. The maximum Gasteiger partial charge on any atom is 0.230 e. The molecular weight excluding hydrogens is 352 g/mol. The Labute approximate surface area is 153 Å². The topological polar surface area (TPSA) is 79.9 Å². The van der Waals surface area contributed by atoms with Crippen molar-refractivity contribution in [1.29, 1.82) is 0 Å². The van der Waals surface area contributed by atoms with Crippen molar-refractivity contribution in [1.82, 2.24) is 19.5 Å². The molecule has 5 heterocycles. The van der Waals surface area contributed by atoms with Gasteiger partial charge in [0, 0.05) is 0 Å². The minimum Gasteiger partial charge on any atom is -0.492 e. The molecule has 0 aromatic carbocycles. The van der Waals surface area contributed by atoms with Crippen LogP contribution in [0, 0.1) is 6.92 Å². The Morgan fingerprint density at radius 1 is 1.23 bits per heavy atom. The first-order chi connectivity index (χ1) is 12.7. The van der Waals surface area contributed by atoms with Crippen molar-refractivity contribution in [3.05, 3.63) is 46.9 Å². The van der Waals surface area contributed by atoms with Crippen LogP contribution in [0.1, 0.15) is 35.3 Å². The van der Waals surface area contributed by atoms with Crippen molar-refractivity contribution < 1.29 is 13.9 Å². The van der Waals surface area contributed by atoms with Gasteiger partial charge in [0.25, 0.3) is 0 Å². The fraction of sp³-hybridized carbons (Fsp3) is 0.333. The van der Waals surface area contributed by atoms with Crippen LogP contribution >= 0.6 is 11.3 Å². The number of rotatable bonds is 4. The van der Waals surface area contributed by atoms with E-state index >= 15 is 0 Å². The van der Waals surface area contributed by atoms with Gasteiger partial charge in [-0.2, -0.15) is 9.50 Å². The van der Waals surface area contributed by atoms with E-state index in [2.05, 4.69) is 15.0 Å². The Bertz CT molecular complexity index is 1040. The molecule has 1 aliphatic rings. The molecule has 1 aliphatic heterocycles. The van der Waals surface area contributed by atoms with E-state index in [0.29, 0.717) is 16.5 Å². The SMILES string of the molecule is Cc1ccc(C(c2sc3nc(-c4ccco4)nn3c2O)N2CCCC2)o1. The van der Waals surface area contributed by atoms with E-state index in [1.807, 2.05) is 19.1 Å². The number of furan rings is 2. The third-order valence-electron chi connectivity index (χ3n) is 4.73. The van der Waals surface area contributed by atoms with Crippen LogP contribution in [0.4, 0.5) is 0 Å². The van der Waals surface area contributed by atoms with Crippen molar-refractivity contribution in [2.24, 2.45) is 0 Å². The average molecular weight is 370 g/mol. The minimum atomic E-state index is -0.119.